The minimum absolute atomic E-state index is 0.128. The highest BCUT2D eigenvalue weighted by Crippen LogP contribution is 2.37. The van der Waals surface area contributed by atoms with Crippen molar-refractivity contribution in [1.29, 1.82) is 0 Å². The van der Waals surface area contributed by atoms with Gasteiger partial charge in [-0.1, -0.05) is 12.1 Å². The van der Waals surface area contributed by atoms with Crippen molar-refractivity contribution >= 4 is 39.4 Å². The average Bonchev–Trinajstić information content (AvgIpc) is 2.75. The number of amides is 2. The van der Waals surface area contributed by atoms with Crippen LogP contribution in [0.15, 0.2) is 34.8 Å². The molecule has 2 aromatic rings. The summed E-state index contributed by atoms with van der Waals surface area (Å²) in [6, 6.07) is 7.28. The van der Waals surface area contributed by atoms with Gasteiger partial charge in [0, 0.05) is 0 Å². The Bertz CT molecular complexity index is 859. The van der Waals surface area contributed by atoms with E-state index in [9.17, 15) is 23.9 Å². The number of hydrogen-bond acceptors (Lipinski definition) is 3. The van der Waals surface area contributed by atoms with Gasteiger partial charge < -0.3 is 5.11 Å². The molecule has 0 saturated carbocycles. The van der Waals surface area contributed by atoms with Crippen LogP contribution >= 0.6 is 15.9 Å². The Morgan fingerprint density at radius 2 is 1.70 bits per heavy atom. The molecule has 3 rings (SSSR count). The zero-order valence-electron chi connectivity index (χ0n) is 11.8. The predicted octanol–water partition coefficient (Wildman–Crippen LogP) is 3.40. The normalized spacial score (nSPS) is 13.4. The zero-order valence-corrected chi connectivity index (χ0v) is 13.3. The maximum atomic E-state index is 13.8. The standard InChI is InChI=1S/C16H9BrFNO4/c1-7-6-10(18)12(17)11(16(22)23)13(7)19-14(20)8-4-2-3-5-9(8)15(19)21/h2-6H,1H3,(H,22,23). The molecule has 0 atom stereocenters. The number of halogens is 2. The Kier molecular flexibility index (Phi) is 3.52. The molecule has 0 unspecified atom stereocenters. The van der Waals surface area contributed by atoms with Crippen molar-refractivity contribution in [2.45, 2.75) is 6.92 Å². The largest absolute Gasteiger partial charge is 0.478 e. The summed E-state index contributed by atoms with van der Waals surface area (Å²) in [5.74, 6) is -3.48. The van der Waals surface area contributed by atoms with Gasteiger partial charge in [-0.05, 0) is 46.6 Å². The number of nitrogens with zero attached hydrogens (tertiary/aromatic N) is 1. The number of aromatic carboxylic acids is 1. The second-order valence-electron chi connectivity index (χ2n) is 5.01. The van der Waals surface area contributed by atoms with Gasteiger partial charge in [-0.2, -0.15) is 0 Å². The van der Waals surface area contributed by atoms with E-state index in [4.69, 9.17) is 0 Å². The third kappa shape index (κ3) is 2.16. The van der Waals surface area contributed by atoms with Crippen LogP contribution in [-0.2, 0) is 0 Å². The van der Waals surface area contributed by atoms with Crippen LogP contribution in [0.4, 0.5) is 10.1 Å². The number of rotatable bonds is 2. The van der Waals surface area contributed by atoms with Gasteiger partial charge in [0.15, 0.2) is 0 Å². The van der Waals surface area contributed by atoms with Crippen LogP contribution < -0.4 is 4.90 Å². The third-order valence-electron chi connectivity index (χ3n) is 3.61. The first kappa shape index (κ1) is 15.4. The Morgan fingerprint density at radius 3 is 2.17 bits per heavy atom. The Morgan fingerprint density at radius 1 is 1.17 bits per heavy atom. The van der Waals surface area contributed by atoms with E-state index in [1.54, 1.807) is 12.1 Å². The van der Waals surface area contributed by atoms with Gasteiger partial charge in [-0.15, -0.1) is 0 Å². The number of aryl methyl sites for hydroxylation is 1. The number of anilines is 1. The molecule has 0 fully saturated rings. The first-order chi connectivity index (χ1) is 10.8. The molecule has 1 heterocycles. The zero-order chi connectivity index (χ0) is 16.9. The Labute approximate surface area is 138 Å². The molecular formula is C16H9BrFNO4. The van der Waals surface area contributed by atoms with E-state index < -0.39 is 29.2 Å². The number of carbonyl (C=O) groups is 3. The smallest absolute Gasteiger partial charge is 0.339 e. The van der Waals surface area contributed by atoms with Gasteiger partial charge in [-0.3, -0.25) is 9.59 Å². The molecule has 7 heteroatoms. The summed E-state index contributed by atoms with van der Waals surface area (Å²) in [6.07, 6.45) is 0. The quantitative estimate of drug-likeness (QED) is 0.813. The topological polar surface area (TPSA) is 74.7 Å². The molecule has 0 saturated heterocycles. The Hall–Kier alpha value is -2.54. The van der Waals surface area contributed by atoms with E-state index in [2.05, 4.69) is 15.9 Å². The fraction of sp³-hybridized carbons (Fsp3) is 0.0625. The second-order valence-corrected chi connectivity index (χ2v) is 5.80. The molecule has 0 spiro atoms. The van der Waals surface area contributed by atoms with Gasteiger partial charge in [0.05, 0.1) is 21.3 Å². The number of benzene rings is 2. The van der Waals surface area contributed by atoms with E-state index in [0.29, 0.717) is 0 Å². The molecule has 1 N–H and O–H groups in total. The minimum Gasteiger partial charge on any atom is -0.478 e. The second kappa shape index (κ2) is 5.27. The van der Waals surface area contributed by atoms with E-state index in [1.807, 2.05) is 0 Å². The lowest BCUT2D eigenvalue weighted by Gasteiger charge is -2.20. The molecule has 116 valence electrons. The summed E-state index contributed by atoms with van der Waals surface area (Å²) in [4.78, 5) is 37.4. The molecule has 1 aliphatic rings. The van der Waals surface area contributed by atoms with Crippen molar-refractivity contribution in [1.82, 2.24) is 0 Å². The number of carboxylic acid groups (broad SMARTS) is 1. The molecule has 2 aromatic carbocycles. The highest BCUT2D eigenvalue weighted by molar-refractivity contribution is 9.10. The summed E-state index contributed by atoms with van der Waals surface area (Å²) in [6.45, 7) is 1.45. The van der Waals surface area contributed by atoms with Crippen LogP contribution in [0.5, 0.6) is 0 Å². The summed E-state index contributed by atoms with van der Waals surface area (Å²) in [7, 11) is 0. The molecule has 23 heavy (non-hydrogen) atoms. The van der Waals surface area contributed by atoms with Gasteiger partial charge in [0.1, 0.15) is 11.4 Å². The van der Waals surface area contributed by atoms with E-state index in [-0.39, 0.29) is 26.9 Å². The van der Waals surface area contributed by atoms with Gasteiger partial charge in [0.25, 0.3) is 11.8 Å². The van der Waals surface area contributed by atoms with Crippen molar-refractivity contribution in [3.63, 3.8) is 0 Å². The van der Waals surface area contributed by atoms with Crippen molar-refractivity contribution in [3.8, 4) is 0 Å². The summed E-state index contributed by atoms with van der Waals surface area (Å²) in [5, 5.41) is 9.40. The number of fused-ring (bicyclic) bond motifs is 1. The molecule has 1 aliphatic heterocycles. The highest BCUT2D eigenvalue weighted by atomic mass is 79.9. The molecule has 0 bridgehead atoms. The van der Waals surface area contributed by atoms with Gasteiger partial charge in [-0.25, -0.2) is 14.1 Å². The summed E-state index contributed by atoms with van der Waals surface area (Å²) >= 11 is 2.88. The lowest BCUT2D eigenvalue weighted by Crippen LogP contribution is -2.32. The summed E-state index contributed by atoms with van der Waals surface area (Å²) < 4.78 is 13.5. The monoisotopic (exact) mass is 377 g/mol. The minimum atomic E-state index is -1.44. The van der Waals surface area contributed by atoms with Crippen LogP contribution in [0.1, 0.15) is 36.6 Å². The fourth-order valence-corrected chi connectivity index (χ4v) is 3.09. The first-order valence-corrected chi connectivity index (χ1v) is 7.33. The summed E-state index contributed by atoms with van der Waals surface area (Å²) in [5.41, 5.74) is -0.0334. The van der Waals surface area contributed by atoms with Crippen molar-refractivity contribution < 1.29 is 23.9 Å². The average molecular weight is 378 g/mol. The maximum absolute atomic E-state index is 13.8. The molecule has 5 nitrogen and oxygen atoms in total. The van der Waals surface area contributed by atoms with Gasteiger partial charge in [0.2, 0.25) is 0 Å². The number of hydrogen-bond donors (Lipinski definition) is 1. The first-order valence-electron chi connectivity index (χ1n) is 6.54. The molecule has 0 radical (unpaired) electrons. The molecule has 0 aromatic heterocycles. The van der Waals surface area contributed by atoms with E-state index >= 15 is 0 Å². The van der Waals surface area contributed by atoms with Crippen LogP contribution in [0.25, 0.3) is 0 Å². The molecular weight excluding hydrogens is 369 g/mol. The fourth-order valence-electron chi connectivity index (χ4n) is 2.62. The lowest BCUT2D eigenvalue weighted by molar-refractivity contribution is 0.0696. The third-order valence-corrected chi connectivity index (χ3v) is 4.39. The van der Waals surface area contributed by atoms with Crippen molar-refractivity contribution in [2.75, 3.05) is 4.90 Å². The van der Waals surface area contributed by atoms with Gasteiger partial charge >= 0.3 is 5.97 Å². The van der Waals surface area contributed by atoms with Crippen LogP contribution in [0, 0.1) is 12.7 Å². The lowest BCUT2D eigenvalue weighted by atomic mass is 10.1. The van der Waals surface area contributed by atoms with Crippen molar-refractivity contribution in [3.05, 3.63) is 62.9 Å². The van der Waals surface area contributed by atoms with Crippen LogP contribution in [0.2, 0.25) is 0 Å². The number of carboxylic acids is 1. The predicted molar refractivity (Wildman–Crippen MR) is 83.4 cm³/mol. The number of imide groups is 1. The maximum Gasteiger partial charge on any atom is 0.339 e. The van der Waals surface area contributed by atoms with Crippen LogP contribution in [0.3, 0.4) is 0 Å². The molecule has 2 amide bonds. The van der Waals surface area contributed by atoms with Crippen LogP contribution in [-0.4, -0.2) is 22.9 Å². The Balaban J connectivity index is 2.29. The molecule has 0 aliphatic carbocycles. The highest BCUT2D eigenvalue weighted by Gasteiger charge is 2.40. The number of carbonyl (C=O) groups excluding carboxylic acids is 2. The van der Waals surface area contributed by atoms with Crippen molar-refractivity contribution in [2.24, 2.45) is 0 Å². The van der Waals surface area contributed by atoms with E-state index in [0.717, 1.165) is 11.0 Å². The van der Waals surface area contributed by atoms with E-state index in [1.165, 1.54) is 19.1 Å². The SMILES string of the molecule is Cc1cc(F)c(Br)c(C(=O)O)c1N1C(=O)c2ccccc2C1=O.